The fourth-order valence-electron chi connectivity index (χ4n) is 1.94. The Labute approximate surface area is 87.6 Å². The zero-order valence-corrected chi connectivity index (χ0v) is 8.52. The van der Waals surface area contributed by atoms with Crippen molar-refractivity contribution in [2.45, 2.75) is 19.4 Å². The molecule has 0 saturated carbocycles. The standard InChI is InChI=1S/C10H11BO4/c1-10(2)7-5-3-4-6(9(12)13)8(7)11(14)15-10/h3-5,14H,1-2H3,(H,12,13). The highest BCUT2D eigenvalue weighted by atomic mass is 16.5. The van der Waals surface area contributed by atoms with Crippen molar-refractivity contribution in [3.8, 4) is 0 Å². The molecule has 15 heavy (non-hydrogen) atoms. The van der Waals surface area contributed by atoms with E-state index >= 15 is 0 Å². The highest BCUT2D eigenvalue weighted by molar-refractivity contribution is 6.63. The molecule has 0 amide bonds. The van der Waals surface area contributed by atoms with Gasteiger partial charge < -0.3 is 14.8 Å². The molecule has 4 nitrogen and oxygen atoms in total. The van der Waals surface area contributed by atoms with E-state index < -0.39 is 18.7 Å². The van der Waals surface area contributed by atoms with Gasteiger partial charge >= 0.3 is 13.1 Å². The first-order chi connectivity index (χ1) is 6.93. The van der Waals surface area contributed by atoms with Crippen LogP contribution >= 0.6 is 0 Å². The van der Waals surface area contributed by atoms with Crippen LogP contribution in [0.2, 0.25) is 0 Å². The van der Waals surface area contributed by atoms with Crippen molar-refractivity contribution in [1.82, 2.24) is 0 Å². The van der Waals surface area contributed by atoms with Gasteiger partial charge in [0.25, 0.3) is 0 Å². The third-order valence-electron chi connectivity index (χ3n) is 2.64. The maximum absolute atomic E-state index is 11.0. The molecule has 1 heterocycles. The van der Waals surface area contributed by atoms with E-state index in [2.05, 4.69) is 0 Å². The van der Waals surface area contributed by atoms with Gasteiger partial charge in [-0.15, -0.1) is 0 Å². The number of carbonyl (C=O) groups is 1. The topological polar surface area (TPSA) is 66.8 Å². The van der Waals surface area contributed by atoms with Gasteiger partial charge in [-0.2, -0.15) is 0 Å². The Hall–Kier alpha value is -1.33. The van der Waals surface area contributed by atoms with Crippen molar-refractivity contribution in [3.63, 3.8) is 0 Å². The molecule has 0 atom stereocenters. The highest BCUT2D eigenvalue weighted by Crippen LogP contribution is 2.30. The second kappa shape index (κ2) is 3.08. The van der Waals surface area contributed by atoms with E-state index in [-0.39, 0.29) is 5.56 Å². The zero-order chi connectivity index (χ0) is 11.2. The minimum atomic E-state index is -1.15. The maximum Gasteiger partial charge on any atom is 0.493 e. The first-order valence-electron chi connectivity index (χ1n) is 4.66. The highest BCUT2D eigenvalue weighted by Gasteiger charge is 2.42. The van der Waals surface area contributed by atoms with Crippen molar-refractivity contribution in [3.05, 3.63) is 29.3 Å². The third-order valence-corrected chi connectivity index (χ3v) is 2.64. The second-order valence-corrected chi connectivity index (χ2v) is 4.05. The van der Waals surface area contributed by atoms with Gasteiger partial charge in [-0.05, 0) is 25.5 Å². The first-order valence-corrected chi connectivity index (χ1v) is 4.66. The predicted octanol–water partition coefficient (Wildman–Crippen LogP) is 0.338. The molecule has 1 aliphatic heterocycles. The summed E-state index contributed by atoms with van der Waals surface area (Å²) in [4.78, 5) is 11.0. The largest absolute Gasteiger partial charge is 0.493 e. The van der Waals surface area contributed by atoms with Crippen LogP contribution in [0.3, 0.4) is 0 Å². The predicted molar refractivity (Wildman–Crippen MR) is 55.1 cm³/mol. The maximum atomic E-state index is 11.0. The molecule has 0 bridgehead atoms. The smallest absolute Gasteiger partial charge is 0.478 e. The second-order valence-electron chi connectivity index (χ2n) is 4.05. The fourth-order valence-corrected chi connectivity index (χ4v) is 1.94. The third kappa shape index (κ3) is 1.44. The van der Waals surface area contributed by atoms with Crippen molar-refractivity contribution >= 4 is 18.6 Å². The van der Waals surface area contributed by atoms with Crippen LogP contribution in [-0.2, 0) is 10.3 Å². The quantitative estimate of drug-likeness (QED) is 0.650. The van der Waals surface area contributed by atoms with Crippen LogP contribution < -0.4 is 5.46 Å². The van der Waals surface area contributed by atoms with E-state index in [9.17, 15) is 9.82 Å². The van der Waals surface area contributed by atoms with Crippen LogP contribution in [0.1, 0.15) is 29.8 Å². The SMILES string of the molecule is CC1(C)OB(O)c2c(C(=O)O)cccc21. The van der Waals surface area contributed by atoms with Gasteiger partial charge in [0, 0.05) is 5.46 Å². The van der Waals surface area contributed by atoms with E-state index in [0.717, 1.165) is 5.56 Å². The Kier molecular flexibility index (Phi) is 2.10. The van der Waals surface area contributed by atoms with Crippen LogP contribution in [0, 0.1) is 0 Å². The molecule has 78 valence electrons. The molecule has 0 spiro atoms. The van der Waals surface area contributed by atoms with Gasteiger partial charge in [0.2, 0.25) is 0 Å². The van der Waals surface area contributed by atoms with Crippen LogP contribution in [0.15, 0.2) is 18.2 Å². The molecular formula is C10H11BO4. The van der Waals surface area contributed by atoms with Crippen LogP contribution in [0.4, 0.5) is 0 Å². The summed E-state index contributed by atoms with van der Waals surface area (Å²) in [5, 5.41) is 18.6. The lowest BCUT2D eigenvalue weighted by Crippen LogP contribution is -2.33. The molecule has 1 aromatic carbocycles. The van der Waals surface area contributed by atoms with Crippen molar-refractivity contribution in [2.24, 2.45) is 0 Å². The van der Waals surface area contributed by atoms with Crippen molar-refractivity contribution in [2.75, 3.05) is 0 Å². The van der Waals surface area contributed by atoms with Gasteiger partial charge in [-0.25, -0.2) is 4.79 Å². The molecule has 2 rings (SSSR count). The molecule has 1 aliphatic rings. The van der Waals surface area contributed by atoms with Crippen LogP contribution in [0.5, 0.6) is 0 Å². The first kappa shape index (κ1) is 10.2. The molecule has 0 saturated heterocycles. The van der Waals surface area contributed by atoms with E-state index in [0.29, 0.717) is 5.46 Å². The summed E-state index contributed by atoms with van der Waals surface area (Å²) in [5.74, 6) is -1.05. The minimum Gasteiger partial charge on any atom is -0.478 e. The number of rotatable bonds is 1. The number of benzene rings is 1. The number of carboxylic acids is 1. The lowest BCUT2D eigenvalue weighted by atomic mass is 9.75. The van der Waals surface area contributed by atoms with Gasteiger partial charge in [0.15, 0.2) is 0 Å². The van der Waals surface area contributed by atoms with Gasteiger partial charge in [0.05, 0.1) is 11.2 Å². The van der Waals surface area contributed by atoms with Crippen LogP contribution in [0.25, 0.3) is 0 Å². The van der Waals surface area contributed by atoms with Gasteiger partial charge in [-0.1, -0.05) is 12.1 Å². The number of carboxylic acid groups (broad SMARTS) is 1. The Balaban J connectivity index is 2.67. The molecule has 0 aromatic heterocycles. The molecule has 5 heteroatoms. The average Bonchev–Trinajstić information content (AvgIpc) is 2.37. The van der Waals surface area contributed by atoms with E-state index in [1.165, 1.54) is 6.07 Å². The molecule has 0 aliphatic carbocycles. The summed E-state index contributed by atoms with van der Waals surface area (Å²) in [6.07, 6.45) is 0. The fraction of sp³-hybridized carbons (Fsp3) is 0.300. The van der Waals surface area contributed by atoms with E-state index in [1.54, 1.807) is 26.0 Å². The average molecular weight is 206 g/mol. The van der Waals surface area contributed by atoms with E-state index in [1.807, 2.05) is 0 Å². The Morgan fingerprint density at radius 2 is 2.13 bits per heavy atom. The normalized spacial score (nSPS) is 17.7. The number of hydrogen-bond acceptors (Lipinski definition) is 3. The lowest BCUT2D eigenvalue weighted by molar-refractivity contribution is 0.0697. The van der Waals surface area contributed by atoms with Gasteiger partial charge in [-0.3, -0.25) is 0 Å². The van der Waals surface area contributed by atoms with E-state index in [4.69, 9.17) is 9.76 Å². The Morgan fingerprint density at radius 1 is 1.47 bits per heavy atom. The molecular weight excluding hydrogens is 195 g/mol. The molecule has 1 aromatic rings. The van der Waals surface area contributed by atoms with Crippen molar-refractivity contribution < 1.29 is 19.6 Å². The lowest BCUT2D eigenvalue weighted by Gasteiger charge is -2.19. The Morgan fingerprint density at radius 3 is 2.73 bits per heavy atom. The summed E-state index contributed by atoms with van der Waals surface area (Å²) in [6.45, 7) is 3.60. The minimum absolute atomic E-state index is 0.102. The Bertz CT molecular complexity index is 427. The van der Waals surface area contributed by atoms with Gasteiger partial charge in [0.1, 0.15) is 0 Å². The summed E-state index contributed by atoms with van der Waals surface area (Å²) in [6, 6.07) is 4.90. The number of aromatic carboxylic acids is 1. The number of hydrogen-bond donors (Lipinski definition) is 2. The molecule has 2 N–H and O–H groups in total. The molecule has 0 fully saturated rings. The number of fused-ring (bicyclic) bond motifs is 1. The summed E-state index contributed by atoms with van der Waals surface area (Å²) in [7, 11) is -1.15. The summed E-state index contributed by atoms with van der Waals surface area (Å²) < 4.78 is 5.30. The summed E-state index contributed by atoms with van der Waals surface area (Å²) in [5.41, 5.74) is 0.565. The van der Waals surface area contributed by atoms with Crippen LogP contribution in [-0.4, -0.2) is 23.2 Å². The monoisotopic (exact) mass is 206 g/mol. The van der Waals surface area contributed by atoms with Crippen molar-refractivity contribution in [1.29, 1.82) is 0 Å². The molecule has 0 unspecified atom stereocenters. The zero-order valence-electron chi connectivity index (χ0n) is 8.52. The molecule has 0 radical (unpaired) electrons. The summed E-state index contributed by atoms with van der Waals surface area (Å²) >= 11 is 0.